The highest BCUT2D eigenvalue weighted by Crippen LogP contribution is 2.48. The largest absolute Gasteiger partial charge is 0.313 e. The molecule has 0 aromatic rings. The SMILES string of the molecule is CCC1(CNC2CCC(C)(C)CC2C)CC1. The van der Waals surface area contributed by atoms with Gasteiger partial charge in [0.25, 0.3) is 0 Å². The molecule has 0 bridgehead atoms. The first-order chi connectivity index (χ1) is 7.46. The molecule has 2 aliphatic rings. The zero-order valence-electron chi connectivity index (χ0n) is 11.6. The Balaban J connectivity index is 1.78. The standard InChI is InChI=1S/C15H29N/c1-5-15(8-9-15)11-16-13-6-7-14(3,4)10-12(13)2/h12-13,16H,5-11H2,1-4H3. The Morgan fingerprint density at radius 2 is 1.88 bits per heavy atom. The van der Waals surface area contributed by atoms with Crippen LogP contribution in [0, 0.1) is 16.7 Å². The van der Waals surface area contributed by atoms with Crippen molar-refractivity contribution in [3.8, 4) is 0 Å². The Bertz CT molecular complexity index is 240. The van der Waals surface area contributed by atoms with E-state index in [0.717, 1.165) is 12.0 Å². The minimum atomic E-state index is 0.583. The Morgan fingerprint density at radius 3 is 2.38 bits per heavy atom. The molecule has 0 aromatic heterocycles. The molecule has 94 valence electrons. The van der Waals surface area contributed by atoms with Crippen molar-refractivity contribution in [1.82, 2.24) is 5.32 Å². The molecule has 0 radical (unpaired) electrons. The van der Waals surface area contributed by atoms with Crippen molar-refractivity contribution in [3.63, 3.8) is 0 Å². The topological polar surface area (TPSA) is 12.0 Å². The highest BCUT2D eigenvalue weighted by Gasteiger charge is 2.41. The van der Waals surface area contributed by atoms with E-state index in [1.807, 2.05) is 0 Å². The lowest BCUT2D eigenvalue weighted by molar-refractivity contribution is 0.144. The van der Waals surface area contributed by atoms with Crippen LogP contribution in [-0.4, -0.2) is 12.6 Å². The quantitative estimate of drug-likeness (QED) is 0.760. The average Bonchev–Trinajstić information content (AvgIpc) is 2.96. The third kappa shape index (κ3) is 2.80. The second-order valence-electron chi connectivity index (χ2n) is 7.23. The summed E-state index contributed by atoms with van der Waals surface area (Å²) in [6.45, 7) is 10.9. The van der Waals surface area contributed by atoms with Crippen LogP contribution in [0.1, 0.15) is 66.2 Å². The van der Waals surface area contributed by atoms with Gasteiger partial charge in [-0.25, -0.2) is 0 Å². The van der Waals surface area contributed by atoms with Gasteiger partial charge in [0.15, 0.2) is 0 Å². The number of hydrogen-bond acceptors (Lipinski definition) is 1. The third-order valence-corrected chi connectivity index (χ3v) is 5.14. The summed E-state index contributed by atoms with van der Waals surface area (Å²) in [4.78, 5) is 0. The van der Waals surface area contributed by atoms with Gasteiger partial charge in [-0.1, -0.05) is 27.7 Å². The van der Waals surface area contributed by atoms with Crippen LogP contribution in [0.25, 0.3) is 0 Å². The molecule has 2 unspecified atom stereocenters. The summed E-state index contributed by atoms with van der Waals surface area (Å²) in [5, 5.41) is 3.86. The van der Waals surface area contributed by atoms with E-state index in [2.05, 4.69) is 33.0 Å². The van der Waals surface area contributed by atoms with Gasteiger partial charge < -0.3 is 5.32 Å². The van der Waals surface area contributed by atoms with E-state index in [1.54, 1.807) is 0 Å². The first kappa shape index (κ1) is 12.4. The van der Waals surface area contributed by atoms with Crippen molar-refractivity contribution >= 4 is 0 Å². The lowest BCUT2D eigenvalue weighted by atomic mass is 9.70. The predicted octanol–water partition coefficient (Wildman–Crippen LogP) is 3.98. The van der Waals surface area contributed by atoms with Crippen LogP contribution in [0.2, 0.25) is 0 Å². The Labute approximate surface area is 101 Å². The van der Waals surface area contributed by atoms with Crippen molar-refractivity contribution in [2.24, 2.45) is 16.7 Å². The van der Waals surface area contributed by atoms with Gasteiger partial charge in [-0.05, 0) is 55.3 Å². The molecule has 2 saturated carbocycles. The molecule has 0 heterocycles. The zero-order valence-corrected chi connectivity index (χ0v) is 11.6. The lowest BCUT2D eigenvalue weighted by Crippen LogP contribution is -2.43. The van der Waals surface area contributed by atoms with Crippen LogP contribution in [0.3, 0.4) is 0 Å². The summed E-state index contributed by atoms with van der Waals surface area (Å²) >= 11 is 0. The molecule has 0 aromatic carbocycles. The molecule has 16 heavy (non-hydrogen) atoms. The van der Waals surface area contributed by atoms with Gasteiger partial charge in [0.05, 0.1) is 0 Å². The third-order valence-electron chi connectivity index (χ3n) is 5.14. The monoisotopic (exact) mass is 223 g/mol. The molecular weight excluding hydrogens is 194 g/mol. The highest BCUT2D eigenvalue weighted by molar-refractivity contribution is 4.96. The molecule has 1 heteroatoms. The summed E-state index contributed by atoms with van der Waals surface area (Å²) in [6.07, 6.45) is 8.46. The van der Waals surface area contributed by atoms with Gasteiger partial charge >= 0.3 is 0 Å². The molecule has 0 aliphatic heterocycles. The van der Waals surface area contributed by atoms with Crippen molar-refractivity contribution < 1.29 is 0 Å². The van der Waals surface area contributed by atoms with E-state index in [9.17, 15) is 0 Å². The molecule has 2 rings (SSSR count). The van der Waals surface area contributed by atoms with Crippen molar-refractivity contribution in [3.05, 3.63) is 0 Å². The van der Waals surface area contributed by atoms with Gasteiger partial charge in [0.2, 0.25) is 0 Å². The van der Waals surface area contributed by atoms with Crippen LogP contribution in [0.15, 0.2) is 0 Å². The highest BCUT2D eigenvalue weighted by atomic mass is 14.9. The molecule has 2 atom stereocenters. The molecule has 0 spiro atoms. The number of nitrogens with one attached hydrogen (secondary N) is 1. The number of rotatable bonds is 4. The number of hydrogen-bond donors (Lipinski definition) is 1. The molecule has 2 aliphatic carbocycles. The fourth-order valence-corrected chi connectivity index (χ4v) is 3.43. The molecule has 1 N–H and O–H groups in total. The van der Waals surface area contributed by atoms with Crippen LogP contribution in [-0.2, 0) is 0 Å². The van der Waals surface area contributed by atoms with Gasteiger partial charge in [0.1, 0.15) is 0 Å². The van der Waals surface area contributed by atoms with Crippen LogP contribution < -0.4 is 5.32 Å². The molecule has 0 saturated heterocycles. The Kier molecular flexibility index (Phi) is 3.36. The summed E-state index contributed by atoms with van der Waals surface area (Å²) in [6, 6.07) is 0.789. The van der Waals surface area contributed by atoms with E-state index in [-0.39, 0.29) is 0 Å². The van der Waals surface area contributed by atoms with E-state index in [1.165, 1.54) is 45.1 Å². The second kappa shape index (κ2) is 4.33. The van der Waals surface area contributed by atoms with E-state index < -0.39 is 0 Å². The van der Waals surface area contributed by atoms with Crippen molar-refractivity contribution in [2.45, 2.75) is 72.3 Å². The smallest absolute Gasteiger partial charge is 0.00933 e. The molecule has 2 fully saturated rings. The van der Waals surface area contributed by atoms with Crippen LogP contribution in [0.4, 0.5) is 0 Å². The van der Waals surface area contributed by atoms with Crippen LogP contribution in [0.5, 0.6) is 0 Å². The maximum Gasteiger partial charge on any atom is 0.00933 e. The predicted molar refractivity (Wildman–Crippen MR) is 70.5 cm³/mol. The molecule has 1 nitrogen and oxygen atoms in total. The molecule has 0 amide bonds. The normalized spacial score (nSPS) is 36.0. The molecular formula is C15H29N. The van der Waals surface area contributed by atoms with E-state index >= 15 is 0 Å². The fraction of sp³-hybridized carbons (Fsp3) is 1.00. The van der Waals surface area contributed by atoms with Gasteiger partial charge in [-0.3, -0.25) is 0 Å². The summed E-state index contributed by atoms with van der Waals surface area (Å²) in [5.74, 6) is 0.858. The summed E-state index contributed by atoms with van der Waals surface area (Å²) < 4.78 is 0. The van der Waals surface area contributed by atoms with Gasteiger partial charge in [-0.15, -0.1) is 0 Å². The van der Waals surface area contributed by atoms with Crippen molar-refractivity contribution in [2.75, 3.05) is 6.54 Å². The maximum absolute atomic E-state index is 3.86. The van der Waals surface area contributed by atoms with Gasteiger partial charge in [0, 0.05) is 12.6 Å². The van der Waals surface area contributed by atoms with Crippen LogP contribution >= 0.6 is 0 Å². The van der Waals surface area contributed by atoms with Gasteiger partial charge in [-0.2, -0.15) is 0 Å². The second-order valence-corrected chi connectivity index (χ2v) is 7.23. The van der Waals surface area contributed by atoms with E-state index in [4.69, 9.17) is 0 Å². The zero-order chi connectivity index (χ0) is 11.8. The average molecular weight is 223 g/mol. The minimum absolute atomic E-state index is 0.583. The summed E-state index contributed by atoms with van der Waals surface area (Å²) in [7, 11) is 0. The Morgan fingerprint density at radius 1 is 1.19 bits per heavy atom. The Hall–Kier alpha value is -0.0400. The first-order valence-electron chi connectivity index (χ1n) is 7.20. The van der Waals surface area contributed by atoms with Crippen molar-refractivity contribution in [1.29, 1.82) is 0 Å². The van der Waals surface area contributed by atoms with E-state index in [0.29, 0.717) is 10.8 Å². The lowest BCUT2D eigenvalue weighted by Gasteiger charge is -2.40. The minimum Gasteiger partial charge on any atom is -0.313 e. The first-order valence-corrected chi connectivity index (χ1v) is 7.20. The summed E-state index contributed by atoms with van der Waals surface area (Å²) in [5.41, 5.74) is 1.28. The fourth-order valence-electron chi connectivity index (χ4n) is 3.43. The maximum atomic E-state index is 3.86.